The lowest BCUT2D eigenvalue weighted by Gasteiger charge is -2.34. The van der Waals surface area contributed by atoms with Crippen LogP contribution in [0.4, 0.5) is 5.69 Å². The molecule has 0 saturated carbocycles. The van der Waals surface area contributed by atoms with Gasteiger partial charge in [-0.15, -0.1) is 0 Å². The summed E-state index contributed by atoms with van der Waals surface area (Å²) >= 11 is 0. The molecule has 3 aromatic rings. The molecule has 0 aliphatic carbocycles. The van der Waals surface area contributed by atoms with Gasteiger partial charge in [-0.05, 0) is 37.3 Å². The Morgan fingerprint density at radius 1 is 1.16 bits per heavy atom. The number of fused-ring (bicyclic) bond motifs is 1. The Hall–Kier alpha value is -4.07. The highest BCUT2D eigenvalue weighted by molar-refractivity contribution is 6.05. The molecule has 10 heteroatoms. The van der Waals surface area contributed by atoms with Crippen molar-refractivity contribution in [3.63, 3.8) is 0 Å². The van der Waals surface area contributed by atoms with Crippen LogP contribution >= 0.6 is 0 Å². The number of amides is 1. The number of carbonyl (C=O) groups excluding carboxylic acids is 1. The summed E-state index contributed by atoms with van der Waals surface area (Å²) in [7, 11) is 0. The monoisotopic (exact) mass is 517 g/mol. The van der Waals surface area contributed by atoms with Crippen LogP contribution < -0.4 is 19.5 Å². The minimum absolute atomic E-state index is 0.105. The van der Waals surface area contributed by atoms with Gasteiger partial charge in [0.15, 0.2) is 11.5 Å². The molecule has 3 heterocycles. The molecule has 5 rings (SSSR count). The first-order valence-corrected chi connectivity index (χ1v) is 12.6. The Morgan fingerprint density at radius 2 is 1.95 bits per heavy atom. The molecule has 1 saturated heterocycles. The molecule has 1 N–H and O–H groups in total. The number of hydrogen-bond donors (Lipinski definition) is 1. The van der Waals surface area contributed by atoms with Gasteiger partial charge in [0.25, 0.3) is 5.91 Å². The maximum atomic E-state index is 13.1. The van der Waals surface area contributed by atoms with Gasteiger partial charge < -0.3 is 24.3 Å². The first kappa shape index (κ1) is 25.6. The normalized spacial score (nSPS) is 15.2. The fourth-order valence-corrected chi connectivity index (χ4v) is 4.61. The summed E-state index contributed by atoms with van der Waals surface area (Å²) in [4.78, 5) is 15.4. The average molecular weight is 518 g/mol. The predicted molar refractivity (Wildman–Crippen MR) is 140 cm³/mol. The molecule has 1 aromatic heterocycles. The number of nitrogens with zero attached hydrogens (tertiary/aromatic N) is 4. The lowest BCUT2D eigenvalue weighted by Crippen LogP contribution is -2.43. The van der Waals surface area contributed by atoms with Crippen molar-refractivity contribution in [1.29, 1.82) is 5.26 Å². The van der Waals surface area contributed by atoms with Crippen LogP contribution in [0.3, 0.4) is 0 Å². The maximum absolute atomic E-state index is 13.1. The second-order valence-electron chi connectivity index (χ2n) is 10.2. The zero-order chi connectivity index (χ0) is 26.7. The number of aromatic nitrogens is 2. The lowest BCUT2D eigenvalue weighted by atomic mass is 9.93. The van der Waals surface area contributed by atoms with E-state index in [1.165, 1.54) is 6.20 Å². The third-order valence-corrected chi connectivity index (χ3v) is 6.59. The van der Waals surface area contributed by atoms with Crippen LogP contribution in [-0.2, 0) is 4.74 Å². The van der Waals surface area contributed by atoms with Crippen LogP contribution in [0.2, 0.25) is 0 Å². The molecule has 198 valence electrons. The van der Waals surface area contributed by atoms with Crippen molar-refractivity contribution in [2.45, 2.75) is 20.8 Å². The van der Waals surface area contributed by atoms with Gasteiger partial charge in [-0.1, -0.05) is 13.8 Å². The number of nitriles is 1. The van der Waals surface area contributed by atoms with Gasteiger partial charge in [-0.3, -0.25) is 9.69 Å². The molecule has 0 unspecified atom stereocenters. The topological polar surface area (TPSA) is 111 Å². The number of ether oxygens (including phenoxy) is 4. The van der Waals surface area contributed by atoms with Crippen LogP contribution in [0, 0.1) is 23.7 Å². The first-order valence-electron chi connectivity index (χ1n) is 12.6. The van der Waals surface area contributed by atoms with E-state index in [2.05, 4.69) is 35.2 Å². The second-order valence-corrected chi connectivity index (χ2v) is 10.2. The molecule has 2 aromatic carbocycles. The number of hydrogen-bond acceptors (Lipinski definition) is 8. The smallest absolute Gasteiger partial charge is 0.259 e. The summed E-state index contributed by atoms with van der Waals surface area (Å²) in [6, 6.07) is 12.8. The number of anilines is 1. The van der Waals surface area contributed by atoms with E-state index in [0.717, 1.165) is 38.5 Å². The van der Waals surface area contributed by atoms with Crippen molar-refractivity contribution in [2.24, 2.45) is 5.41 Å². The SMILES string of the molecule is Cc1c(C(=O)Nc2ccc(OCC(C)(C)CN3CCOCC3)c(C#N)c2)cnn1-c1ccc2c(c1)OCO2. The van der Waals surface area contributed by atoms with E-state index >= 15 is 0 Å². The van der Waals surface area contributed by atoms with Crippen LogP contribution in [0.5, 0.6) is 17.2 Å². The summed E-state index contributed by atoms with van der Waals surface area (Å²) in [6.45, 7) is 11.0. The Morgan fingerprint density at radius 3 is 2.74 bits per heavy atom. The lowest BCUT2D eigenvalue weighted by molar-refractivity contribution is 0.0132. The van der Waals surface area contributed by atoms with E-state index in [1.807, 2.05) is 25.1 Å². The highest BCUT2D eigenvalue weighted by atomic mass is 16.7. The molecule has 38 heavy (non-hydrogen) atoms. The van der Waals surface area contributed by atoms with Crippen molar-refractivity contribution in [3.05, 3.63) is 59.4 Å². The predicted octanol–water partition coefficient (Wildman–Crippen LogP) is 3.77. The number of morpholine rings is 1. The number of carbonyl (C=O) groups is 1. The fraction of sp³-hybridized carbons (Fsp3) is 0.393. The van der Waals surface area contributed by atoms with Crippen molar-refractivity contribution < 1.29 is 23.7 Å². The number of nitrogens with one attached hydrogen (secondary N) is 1. The van der Waals surface area contributed by atoms with Crippen molar-refractivity contribution in [3.8, 4) is 29.0 Å². The molecular formula is C28H31N5O5. The van der Waals surface area contributed by atoms with Gasteiger partial charge in [0.2, 0.25) is 6.79 Å². The summed E-state index contributed by atoms with van der Waals surface area (Å²) in [6.07, 6.45) is 1.52. The maximum Gasteiger partial charge on any atom is 0.259 e. The molecule has 1 amide bonds. The van der Waals surface area contributed by atoms with Gasteiger partial charge in [0, 0.05) is 36.8 Å². The molecule has 2 aliphatic rings. The van der Waals surface area contributed by atoms with E-state index in [9.17, 15) is 10.1 Å². The van der Waals surface area contributed by atoms with Gasteiger partial charge in [0.1, 0.15) is 11.8 Å². The first-order chi connectivity index (χ1) is 18.3. The number of rotatable bonds is 8. The average Bonchev–Trinajstić information content (AvgIpc) is 3.54. The minimum Gasteiger partial charge on any atom is -0.492 e. The second kappa shape index (κ2) is 10.7. The Kier molecular flexibility index (Phi) is 7.22. The van der Waals surface area contributed by atoms with Gasteiger partial charge in [-0.2, -0.15) is 10.4 Å². The van der Waals surface area contributed by atoms with Crippen LogP contribution in [0.15, 0.2) is 42.6 Å². The van der Waals surface area contributed by atoms with Gasteiger partial charge >= 0.3 is 0 Å². The highest BCUT2D eigenvalue weighted by Gasteiger charge is 2.25. The summed E-state index contributed by atoms with van der Waals surface area (Å²) in [5.74, 6) is 1.49. The van der Waals surface area contributed by atoms with E-state index in [-0.39, 0.29) is 18.1 Å². The zero-order valence-electron chi connectivity index (χ0n) is 21.8. The summed E-state index contributed by atoms with van der Waals surface area (Å²) in [5, 5.41) is 17.0. The molecule has 10 nitrogen and oxygen atoms in total. The number of benzene rings is 2. The molecule has 2 aliphatic heterocycles. The fourth-order valence-electron chi connectivity index (χ4n) is 4.61. The van der Waals surface area contributed by atoms with E-state index < -0.39 is 0 Å². The zero-order valence-corrected chi connectivity index (χ0v) is 21.8. The van der Waals surface area contributed by atoms with E-state index in [4.69, 9.17) is 18.9 Å². The third kappa shape index (κ3) is 5.59. The van der Waals surface area contributed by atoms with Crippen molar-refractivity contribution in [2.75, 3.05) is 51.6 Å². The van der Waals surface area contributed by atoms with Crippen LogP contribution in [-0.4, -0.2) is 66.8 Å². The van der Waals surface area contributed by atoms with Crippen molar-refractivity contribution >= 4 is 11.6 Å². The van der Waals surface area contributed by atoms with E-state index in [1.54, 1.807) is 22.9 Å². The standard InChI is InChI=1S/C28H31N5O5/c1-19-23(15-30-33(19)22-5-7-25-26(13-22)38-18-37-25)27(34)31-21-4-6-24(20(12-21)14-29)36-17-28(2,3)16-32-8-10-35-11-9-32/h4-7,12-13,15H,8-11,16-18H2,1-3H3,(H,31,34). The van der Waals surface area contributed by atoms with Gasteiger partial charge in [0.05, 0.1) is 48.5 Å². The Bertz CT molecular complexity index is 1370. The summed E-state index contributed by atoms with van der Waals surface area (Å²) in [5.41, 5.74) is 2.61. The van der Waals surface area contributed by atoms with Crippen LogP contribution in [0.25, 0.3) is 5.69 Å². The quantitative estimate of drug-likeness (QED) is 0.481. The molecule has 1 fully saturated rings. The molecule has 0 bridgehead atoms. The molecule has 0 atom stereocenters. The third-order valence-electron chi connectivity index (χ3n) is 6.59. The van der Waals surface area contributed by atoms with E-state index in [0.29, 0.717) is 46.4 Å². The van der Waals surface area contributed by atoms with Crippen LogP contribution in [0.1, 0.15) is 35.5 Å². The Balaban J connectivity index is 1.24. The summed E-state index contributed by atoms with van der Waals surface area (Å²) < 4.78 is 24.0. The molecular weight excluding hydrogens is 486 g/mol. The van der Waals surface area contributed by atoms with Gasteiger partial charge in [-0.25, -0.2) is 4.68 Å². The minimum atomic E-state index is -0.321. The molecule has 0 radical (unpaired) electrons. The largest absolute Gasteiger partial charge is 0.492 e. The molecule has 0 spiro atoms. The highest BCUT2D eigenvalue weighted by Crippen LogP contribution is 2.34. The van der Waals surface area contributed by atoms with Crippen molar-refractivity contribution in [1.82, 2.24) is 14.7 Å². The Labute approximate surface area is 221 Å².